The van der Waals surface area contributed by atoms with Crippen LogP contribution in [0.4, 0.5) is 0 Å². The van der Waals surface area contributed by atoms with Crippen molar-refractivity contribution >= 4 is 12.8 Å². The number of hydrogen-bond donors (Lipinski definition) is 2. The molecule has 2 amide bonds. The third-order valence-corrected chi connectivity index (χ3v) is 3.48. The summed E-state index contributed by atoms with van der Waals surface area (Å²) in [4.78, 5) is 21.3. The van der Waals surface area contributed by atoms with Gasteiger partial charge in [0.05, 0.1) is 11.1 Å². The summed E-state index contributed by atoms with van der Waals surface area (Å²) < 4.78 is 0. The van der Waals surface area contributed by atoms with Crippen LogP contribution < -0.4 is 10.6 Å². The number of carbonyl (C=O) groups is 2. The number of nitrogens with one attached hydrogen (secondary N) is 2. The SMILES string of the molecule is CC(C)(NC=O)c1cccc2c1C2(C)NC=O. The van der Waals surface area contributed by atoms with Crippen LogP contribution in [0.5, 0.6) is 0 Å². The van der Waals surface area contributed by atoms with Crippen LogP contribution >= 0.6 is 0 Å². The maximum atomic E-state index is 10.6. The van der Waals surface area contributed by atoms with E-state index in [0.717, 1.165) is 16.7 Å². The van der Waals surface area contributed by atoms with E-state index in [9.17, 15) is 9.59 Å². The van der Waals surface area contributed by atoms with Crippen molar-refractivity contribution in [1.29, 1.82) is 0 Å². The first-order valence-electron chi connectivity index (χ1n) is 5.54. The molecule has 1 aromatic carbocycles. The molecule has 0 heterocycles. The number of fused-ring (bicyclic) bond motifs is 1. The Morgan fingerprint density at radius 3 is 2.53 bits per heavy atom. The summed E-state index contributed by atoms with van der Waals surface area (Å²) in [5, 5.41) is 5.61. The highest BCUT2D eigenvalue weighted by atomic mass is 16.1. The maximum absolute atomic E-state index is 10.6. The van der Waals surface area contributed by atoms with Crippen molar-refractivity contribution < 1.29 is 9.59 Å². The Bertz CT molecular complexity index is 482. The van der Waals surface area contributed by atoms with Crippen LogP contribution in [0.25, 0.3) is 0 Å². The summed E-state index contributed by atoms with van der Waals surface area (Å²) >= 11 is 0. The van der Waals surface area contributed by atoms with Crippen LogP contribution in [-0.4, -0.2) is 12.8 Å². The molecule has 17 heavy (non-hydrogen) atoms. The van der Waals surface area contributed by atoms with Gasteiger partial charge in [-0.3, -0.25) is 9.59 Å². The lowest BCUT2D eigenvalue weighted by molar-refractivity contribution is -0.111. The molecule has 1 aliphatic rings. The second-order valence-corrected chi connectivity index (χ2v) is 5.00. The summed E-state index contributed by atoms with van der Waals surface area (Å²) in [6.45, 7) is 5.85. The second kappa shape index (κ2) is 3.58. The molecule has 1 aromatic rings. The van der Waals surface area contributed by atoms with Gasteiger partial charge in [-0.1, -0.05) is 18.2 Å². The summed E-state index contributed by atoms with van der Waals surface area (Å²) in [7, 11) is 0. The summed E-state index contributed by atoms with van der Waals surface area (Å²) in [6, 6.07) is 5.92. The van der Waals surface area contributed by atoms with Gasteiger partial charge in [-0.15, -0.1) is 0 Å². The van der Waals surface area contributed by atoms with E-state index < -0.39 is 5.54 Å². The van der Waals surface area contributed by atoms with Crippen LogP contribution in [0.3, 0.4) is 0 Å². The van der Waals surface area contributed by atoms with Crippen molar-refractivity contribution in [3.63, 3.8) is 0 Å². The average molecular weight is 232 g/mol. The Balaban J connectivity index is 2.42. The van der Waals surface area contributed by atoms with Crippen molar-refractivity contribution in [2.45, 2.75) is 31.8 Å². The first-order valence-corrected chi connectivity index (χ1v) is 5.54. The number of benzene rings is 1. The van der Waals surface area contributed by atoms with Crippen molar-refractivity contribution in [2.24, 2.45) is 0 Å². The van der Waals surface area contributed by atoms with Gasteiger partial charge in [0.2, 0.25) is 12.8 Å². The zero-order chi connectivity index (χ0) is 12.7. The second-order valence-electron chi connectivity index (χ2n) is 5.00. The molecule has 1 unspecified atom stereocenters. The van der Waals surface area contributed by atoms with E-state index in [4.69, 9.17) is 0 Å². The minimum atomic E-state index is -0.435. The highest BCUT2D eigenvalue weighted by Gasteiger charge is 2.49. The third kappa shape index (κ3) is 1.60. The van der Waals surface area contributed by atoms with Crippen LogP contribution in [0.15, 0.2) is 18.2 Å². The van der Waals surface area contributed by atoms with Crippen molar-refractivity contribution in [1.82, 2.24) is 10.6 Å². The molecule has 0 saturated carbocycles. The van der Waals surface area contributed by atoms with Crippen molar-refractivity contribution in [3.8, 4) is 0 Å². The lowest BCUT2D eigenvalue weighted by Crippen LogP contribution is -2.36. The molecular formula is C13H16N2O2. The van der Waals surface area contributed by atoms with E-state index in [0.29, 0.717) is 12.8 Å². The van der Waals surface area contributed by atoms with Crippen LogP contribution in [0.2, 0.25) is 0 Å². The predicted octanol–water partition coefficient (Wildman–Crippen LogP) is 0.991. The molecule has 2 rings (SSSR count). The number of hydrogen-bond acceptors (Lipinski definition) is 2. The normalized spacial score (nSPS) is 21.4. The van der Waals surface area contributed by atoms with Gasteiger partial charge < -0.3 is 10.6 Å². The van der Waals surface area contributed by atoms with Gasteiger partial charge in [-0.25, -0.2) is 0 Å². The topological polar surface area (TPSA) is 58.2 Å². The molecular weight excluding hydrogens is 216 g/mol. The molecule has 1 atom stereocenters. The minimum absolute atomic E-state index is 0.373. The molecule has 0 aromatic heterocycles. The molecule has 0 aliphatic heterocycles. The van der Waals surface area contributed by atoms with Crippen LogP contribution in [0, 0.1) is 0 Å². The Morgan fingerprint density at radius 1 is 1.24 bits per heavy atom. The Labute approximate surface area is 100 Å². The van der Waals surface area contributed by atoms with E-state index in [1.54, 1.807) is 0 Å². The first kappa shape index (κ1) is 11.6. The summed E-state index contributed by atoms with van der Waals surface area (Å²) in [6.07, 6.45) is 1.41. The number of amides is 2. The molecule has 4 nitrogen and oxygen atoms in total. The number of carbonyl (C=O) groups excluding carboxylic acids is 2. The summed E-state index contributed by atoms with van der Waals surface area (Å²) in [5.41, 5.74) is 2.45. The molecule has 2 N–H and O–H groups in total. The van der Waals surface area contributed by atoms with Gasteiger partial charge in [0.1, 0.15) is 0 Å². The number of rotatable bonds is 5. The third-order valence-electron chi connectivity index (χ3n) is 3.48. The molecule has 90 valence electrons. The fourth-order valence-corrected chi connectivity index (χ4v) is 2.40. The molecule has 0 bridgehead atoms. The Morgan fingerprint density at radius 2 is 1.94 bits per heavy atom. The van der Waals surface area contributed by atoms with Gasteiger partial charge in [-0.2, -0.15) is 0 Å². The average Bonchev–Trinajstić information content (AvgIpc) is 2.85. The van der Waals surface area contributed by atoms with Gasteiger partial charge in [0.25, 0.3) is 0 Å². The maximum Gasteiger partial charge on any atom is 0.208 e. The smallest absolute Gasteiger partial charge is 0.208 e. The predicted molar refractivity (Wildman–Crippen MR) is 64.3 cm³/mol. The lowest BCUT2D eigenvalue weighted by atomic mass is 9.93. The highest BCUT2D eigenvalue weighted by Crippen LogP contribution is 2.51. The fraction of sp³-hybridized carbons (Fsp3) is 0.385. The minimum Gasteiger partial charge on any atom is -0.350 e. The molecule has 0 fully saturated rings. The zero-order valence-electron chi connectivity index (χ0n) is 10.2. The van der Waals surface area contributed by atoms with Gasteiger partial charge >= 0.3 is 0 Å². The van der Waals surface area contributed by atoms with Gasteiger partial charge in [-0.05, 0) is 37.5 Å². The molecule has 0 spiro atoms. The quantitative estimate of drug-likeness (QED) is 0.744. The van der Waals surface area contributed by atoms with E-state index >= 15 is 0 Å². The Kier molecular flexibility index (Phi) is 2.45. The van der Waals surface area contributed by atoms with Crippen LogP contribution in [-0.2, 0) is 20.7 Å². The monoisotopic (exact) mass is 232 g/mol. The Hall–Kier alpha value is -1.84. The molecule has 1 aliphatic carbocycles. The van der Waals surface area contributed by atoms with E-state index in [1.165, 1.54) is 0 Å². The molecule has 0 radical (unpaired) electrons. The largest absolute Gasteiger partial charge is 0.350 e. The van der Waals surface area contributed by atoms with Gasteiger partial charge in [0.15, 0.2) is 0 Å². The fourth-order valence-electron chi connectivity index (χ4n) is 2.40. The lowest BCUT2D eigenvalue weighted by Gasteiger charge is -2.25. The van der Waals surface area contributed by atoms with Crippen LogP contribution in [0.1, 0.15) is 37.5 Å². The van der Waals surface area contributed by atoms with E-state index in [2.05, 4.69) is 10.6 Å². The summed E-state index contributed by atoms with van der Waals surface area (Å²) in [5.74, 6) is 0. The zero-order valence-corrected chi connectivity index (χ0v) is 10.2. The first-order chi connectivity index (χ1) is 7.97. The molecule has 0 saturated heterocycles. The van der Waals surface area contributed by atoms with E-state index in [-0.39, 0.29) is 5.54 Å². The standard InChI is InChI=1S/C13H16N2O2/c1-12(2,14-7-16)9-5-4-6-10-11(9)13(10,3)15-8-17/h4-8H,1-3H3,(H,14,16)(H,15,17). The van der Waals surface area contributed by atoms with E-state index in [1.807, 2.05) is 39.0 Å². The highest BCUT2D eigenvalue weighted by molar-refractivity contribution is 5.69. The molecule has 4 heteroatoms. The van der Waals surface area contributed by atoms with Crippen molar-refractivity contribution in [2.75, 3.05) is 0 Å². The van der Waals surface area contributed by atoms with Gasteiger partial charge in [0, 0.05) is 0 Å². The van der Waals surface area contributed by atoms with Crippen molar-refractivity contribution in [3.05, 3.63) is 34.9 Å².